The van der Waals surface area contributed by atoms with Crippen molar-refractivity contribution < 1.29 is 9.72 Å². The van der Waals surface area contributed by atoms with E-state index in [1.165, 1.54) is 17.0 Å². The molecule has 102 valence electrons. The third kappa shape index (κ3) is 3.17. The average Bonchev–Trinajstić information content (AvgIpc) is 2.47. The Balaban J connectivity index is 2.12. The molecule has 0 radical (unpaired) electrons. The van der Waals surface area contributed by atoms with Crippen molar-refractivity contribution in [1.29, 1.82) is 0 Å². The molecule has 6 nitrogen and oxygen atoms in total. The van der Waals surface area contributed by atoms with Gasteiger partial charge in [-0.3, -0.25) is 19.9 Å². The number of hydrogen-bond acceptors (Lipinski definition) is 4. The van der Waals surface area contributed by atoms with E-state index < -0.39 is 4.92 Å². The number of rotatable bonds is 4. The molecule has 0 unspecified atom stereocenters. The quantitative estimate of drug-likeness (QED) is 0.631. The first-order chi connectivity index (χ1) is 9.58. The molecular formula is C14H13N3O3. The normalized spacial score (nSPS) is 10.1. The lowest BCUT2D eigenvalue weighted by atomic mass is 10.1. The number of non-ortho nitro benzene ring substituents is 1. The van der Waals surface area contributed by atoms with Gasteiger partial charge in [-0.2, -0.15) is 0 Å². The molecule has 0 saturated heterocycles. The molecule has 1 amide bonds. The number of aromatic nitrogens is 1. The predicted octanol–water partition coefficient (Wildman–Crippen LogP) is 2.26. The maximum absolute atomic E-state index is 12.1. The van der Waals surface area contributed by atoms with Crippen LogP contribution in [0.5, 0.6) is 0 Å². The molecule has 0 aliphatic rings. The summed E-state index contributed by atoms with van der Waals surface area (Å²) in [4.78, 5) is 27.8. The molecule has 2 aromatic rings. The number of nitro benzene ring substituents is 1. The lowest BCUT2D eigenvalue weighted by molar-refractivity contribution is -0.384. The molecule has 1 aromatic carbocycles. The Hall–Kier alpha value is -2.76. The maximum Gasteiger partial charge on any atom is 0.269 e. The molecular weight excluding hydrogens is 258 g/mol. The van der Waals surface area contributed by atoms with Gasteiger partial charge in [0.15, 0.2) is 0 Å². The molecule has 0 saturated carbocycles. The van der Waals surface area contributed by atoms with E-state index in [1.54, 1.807) is 43.7 Å². The summed E-state index contributed by atoms with van der Waals surface area (Å²) in [5.74, 6) is -0.154. The number of benzene rings is 1. The summed E-state index contributed by atoms with van der Waals surface area (Å²) >= 11 is 0. The molecule has 0 aliphatic heterocycles. The number of pyridine rings is 1. The molecule has 0 N–H and O–H groups in total. The minimum absolute atomic E-state index is 0.0206. The van der Waals surface area contributed by atoms with Crippen LogP contribution in [0.25, 0.3) is 0 Å². The zero-order chi connectivity index (χ0) is 14.5. The SMILES string of the molecule is CN(Cc1cccc([N+](=O)[O-])c1)C(=O)c1ccncc1. The molecule has 1 aromatic heterocycles. The number of nitrogens with zero attached hydrogens (tertiary/aromatic N) is 3. The molecule has 0 aliphatic carbocycles. The maximum atomic E-state index is 12.1. The van der Waals surface area contributed by atoms with E-state index in [-0.39, 0.29) is 11.6 Å². The fourth-order valence-corrected chi connectivity index (χ4v) is 1.83. The van der Waals surface area contributed by atoms with Crippen LogP contribution in [0.15, 0.2) is 48.8 Å². The Morgan fingerprint density at radius 3 is 2.65 bits per heavy atom. The van der Waals surface area contributed by atoms with E-state index in [4.69, 9.17) is 0 Å². The fourth-order valence-electron chi connectivity index (χ4n) is 1.83. The van der Waals surface area contributed by atoms with Gasteiger partial charge in [-0.15, -0.1) is 0 Å². The Kier molecular flexibility index (Phi) is 4.05. The number of carbonyl (C=O) groups excluding carboxylic acids is 1. The highest BCUT2D eigenvalue weighted by molar-refractivity contribution is 5.93. The molecule has 1 heterocycles. The van der Waals surface area contributed by atoms with Crippen LogP contribution in [0.2, 0.25) is 0 Å². The number of nitro groups is 1. The monoisotopic (exact) mass is 271 g/mol. The summed E-state index contributed by atoms with van der Waals surface area (Å²) < 4.78 is 0. The van der Waals surface area contributed by atoms with Crippen LogP contribution in [-0.2, 0) is 6.54 Å². The van der Waals surface area contributed by atoms with Gasteiger partial charge in [-0.05, 0) is 17.7 Å². The van der Waals surface area contributed by atoms with E-state index in [0.717, 1.165) is 0 Å². The van der Waals surface area contributed by atoms with Crippen molar-refractivity contribution in [3.63, 3.8) is 0 Å². The topological polar surface area (TPSA) is 76.3 Å². The molecule has 6 heteroatoms. The molecule has 2 rings (SSSR count). The van der Waals surface area contributed by atoms with Crippen molar-refractivity contribution in [3.8, 4) is 0 Å². The van der Waals surface area contributed by atoms with Gasteiger partial charge in [0.2, 0.25) is 0 Å². The van der Waals surface area contributed by atoms with Crippen molar-refractivity contribution >= 4 is 11.6 Å². The van der Waals surface area contributed by atoms with E-state index in [9.17, 15) is 14.9 Å². The Bertz CT molecular complexity index is 629. The van der Waals surface area contributed by atoms with E-state index in [2.05, 4.69) is 4.98 Å². The van der Waals surface area contributed by atoms with E-state index in [1.807, 2.05) is 0 Å². The smallest absolute Gasteiger partial charge is 0.269 e. The van der Waals surface area contributed by atoms with Gasteiger partial charge in [0, 0.05) is 43.7 Å². The third-order valence-electron chi connectivity index (χ3n) is 2.82. The molecule has 0 fully saturated rings. The van der Waals surface area contributed by atoms with Gasteiger partial charge in [0.05, 0.1) is 4.92 Å². The lowest BCUT2D eigenvalue weighted by Gasteiger charge is -2.17. The largest absolute Gasteiger partial charge is 0.337 e. The molecule has 0 bridgehead atoms. The van der Waals surface area contributed by atoms with Crippen molar-refractivity contribution in [2.45, 2.75) is 6.54 Å². The van der Waals surface area contributed by atoms with Crippen molar-refractivity contribution in [1.82, 2.24) is 9.88 Å². The predicted molar refractivity (Wildman–Crippen MR) is 73.1 cm³/mol. The highest BCUT2D eigenvalue weighted by Gasteiger charge is 2.13. The van der Waals surface area contributed by atoms with Gasteiger partial charge < -0.3 is 4.90 Å². The number of carbonyl (C=O) groups is 1. The summed E-state index contributed by atoms with van der Waals surface area (Å²) in [6.45, 7) is 0.308. The summed E-state index contributed by atoms with van der Waals surface area (Å²) in [5.41, 5.74) is 1.27. The first-order valence-corrected chi connectivity index (χ1v) is 5.97. The van der Waals surface area contributed by atoms with Crippen LogP contribution in [0.3, 0.4) is 0 Å². The number of amides is 1. The summed E-state index contributed by atoms with van der Waals surface area (Å²) in [6.07, 6.45) is 3.10. The Morgan fingerprint density at radius 1 is 1.30 bits per heavy atom. The molecule has 20 heavy (non-hydrogen) atoms. The lowest BCUT2D eigenvalue weighted by Crippen LogP contribution is -2.26. The minimum atomic E-state index is -0.450. The molecule has 0 atom stereocenters. The van der Waals surface area contributed by atoms with Gasteiger partial charge in [-0.25, -0.2) is 0 Å². The van der Waals surface area contributed by atoms with Crippen LogP contribution in [0.1, 0.15) is 15.9 Å². The van der Waals surface area contributed by atoms with Gasteiger partial charge in [0.1, 0.15) is 0 Å². The average molecular weight is 271 g/mol. The summed E-state index contributed by atoms with van der Waals surface area (Å²) in [7, 11) is 1.65. The standard InChI is InChI=1S/C14H13N3O3/c1-16(14(18)12-5-7-15-8-6-12)10-11-3-2-4-13(9-11)17(19)20/h2-9H,10H2,1H3. The Morgan fingerprint density at radius 2 is 2.00 bits per heavy atom. The zero-order valence-electron chi connectivity index (χ0n) is 10.9. The second-order valence-electron chi connectivity index (χ2n) is 4.32. The van der Waals surface area contributed by atoms with Crippen LogP contribution in [0.4, 0.5) is 5.69 Å². The van der Waals surface area contributed by atoms with Crippen LogP contribution >= 0.6 is 0 Å². The van der Waals surface area contributed by atoms with Crippen LogP contribution < -0.4 is 0 Å². The van der Waals surface area contributed by atoms with E-state index in [0.29, 0.717) is 17.7 Å². The fraction of sp³-hybridized carbons (Fsp3) is 0.143. The van der Waals surface area contributed by atoms with Crippen molar-refractivity contribution in [2.24, 2.45) is 0 Å². The van der Waals surface area contributed by atoms with Crippen molar-refractivity contribution in [3.05, 3.63) is 70.0 Å². The van der Waals surface area contributed by atoms with Gasteiger partial charge >= 0.3 is 0 Å². The Labute approximate surface area is 115 Å². The second-order valence-corrected chi connectivity index (χ2v) is 4.32. The van der Waals surface area contributed by atoms with E-state index >= 15 is 0 Å². The van der Waals surface area contributed by atoms with Gasteiger partial charge in [-0.1, -0.05) is 12.1 Å². The van der Waals surface area contributed by atoms with Crippen molar-refractivity contribution in [2.75, 3.05) is 7.05 Å². The highest BCUT2D eigenvalue weighted by atomic mass is 16.6. The van der Waals surface area contributed by atoms with Gasteiger partial charge in [0.25, 0.3) is 11.6 Å². The first kappa shape index (κ1) is 13.7. The minimum Gasteiger partial charge on any atom is -0.337 e. The third-order valence-corrected chi connectivity index (χ3v) is 2.82. The summed E-state index contributed by atoms with van der Waals surface area (Å²) in [6, 6.07) is 9.52. The van der Waals surface area contributed by atoms with Crippen LogP contribution in [0, 0.1) is 10.1 Å². The van der Waals surface area contributed by atoms with Crippen LogP contribution in [-0.4, -0.2) is 27.8 Å². The second kappa shape index (κ2) is 5.92. The zero-order valence-corrected chi connectivity index (χ0v) is 10.9. The first-order valence-electron chi connectivity index (χ1n) is 5.97. The highest BCUT2D eigenvalue weighted by Crippen LogP contribution is 2.15. The number of hydrogen-bond donors (Lipinski definition) is 0. The summed E-state index contributed by atoms with van der Waals surface area (Å²) in [5, 5.41) is 10.7. The molecule has 0 spiro atoms.